The number of ether oxygens (including phenoxy) is 1. The van der Waals surface area contributed by atoms with Gasteiger partial charge in [-0.1, -0.05) is 13.8 Å². The van der Waals surface area contributed by atoms with Crippen molar-refractivity contribution >= 4 is 0 Å². The summed E-state index contributed by atoms with van der Waals surface area (Å²) in [6, 6.07) is 0. The third-order valence-electron chi connectivity index (χ3n) is 4.73. The van der Waals surface area contributed by atoms with Gasteiger partial charge >= 0.3 is 0 Å². The summed E-state index contributed by atoms with van der Waals surface area (Å²) in [4.78, 5) is 0. The van der Waals surface area contributed by atoms with Gasteiger partial charge in [0.1, 0.15) is 0 Å². The molecule has 0 saturated carbocycles. The summed E-state index contributed by atoms with van der Waals surface area (Å²) in [7, 11) is 0. The van der Waals surface area contributed by atoms with Crippen LogP contribution in [0.15, 0.2) is 0 Å². The summed E-state index contributed by atoms with van der Waals surface area (Å²) in [6.07, 6.45) is 5.32. The van der Waals surface area contributed by atoms with Gasteiger partial charge in [0.05, 0.1) is 0 Å². The van der Waals surface area contributed by atoms with Crippen molar-refractivity contribution in [3.63, 3.8) is 0 Å². The highest BCUT2D eigenvalue weighted by Gasteiger charge is 2.42. The zero-order chi connectivity index (χ0) is 10.7. The van der Waals surface area contributed by atoms with E-state index in [0.717, 1.165) is 25.0 Å². The summed E-state index contributed by atoms with van der Waals surface area (Å²) in [5.41, 5.74) is 0.584. The van der Waals surface area contributed by atoms with E-state index in [9.17, 15) is 0 Å². The highest BCUT2D eigenvalue weighted by molar-refractivity contribution is 4.92. The summed E-state index contributed by atoms with van der Waals surface area (Å²) in [6.45, 7) is 9.24. The Hall–Kier alpha value is -0.0800. The average molecular weight is 211 g/mol. The van der Waals surface area contributed by atoms with Gasteiger partial charge in [0.25, 0.3) is 0 Å². The number of piperidine rings is 1. The van der Waals surface area contributed by atoms with Crippen LogP contribution in [-0.2, 0) is 4.74 Å². The zero-order valence-corrected chi connectivity index (χ0v) is 10.2. The number of hydrogen-bond acceptors (Lipinski definition) is 2. The van der Waals surface area contributed by atoms with Crippen LogP contribution in [0.4, 0.5) is 0 Å². The van der Waals surface area contributed by atoms with Crippen molar-refractivity contribution in [2.75, 3.05) is 26.3 Å². The second kappa shape index (κ2) is 4.84. The maximum Gasteiger partial charge on any atom is 0.0471 e. The minimum Gasteiger partial charge on any atom is -0.381 e. The Morgan fingerprint density at radius 3 is 2.27 bits per heavy atom. The first-order valence-corrected chi connectivity index (χ1v) is 6.54. The fourth-order valence-corrected chi connectivity index (χ4v) is 3.61. The largest absolute Gasteiger partial charge is 0.381 e. The van der Waals surface area contributed by atoms with Crippen molar-refractivity contribution in [3.05, 3.63) is 0 Å². The third-order valence-corrected chi connectivity index (χ3v) is 4.73. The lowest BCUT2D eigenvalue weighted by molar-refractivity contribution is -0.0549. The number of nitrogens with one attached hydrogen (secondary N) is 1. The van der Waals surface area contributed by atoms with Gasteiger partial charge in [0.15, 0.2) is 0 Å². The Labute approximate surface area is 93.8 Å². The normalized spacial score (nSPS) is 28.2. The standard InChI is InChI=1S/C13H25NO/c1-11(2)13(5-9-15-10-6-13)12-3-7-14-8-4-12/h11-12,14H,3-10H2,1-2H3. The maximum atomic E-state index is 5.55. The highest BCUT2D eigenvalue weighted by atomic mass is 16.5. The van der Waals surface area contributed by atoms with E-state index in [2.05, 4.69) is 19.2 Å². The molecule has 2 aliphatic rings. The Kier molecular flexibility index (Phi) is 3.68. The van der Waals surface area contributed by atoms with Crippen LogP contribution in [0.1, 0.15) is 39.5 Å². The molecule has 0 aliphatic carbocycles. The average Bonchev–Trinajstić information content (AvgIpc) is 2.31. The van der Waals surface area contributed by atoms with Gasteiger partial charge in [-0.2, -0.15) is 0 Å². The lowest BCUT2D eigenvalue weighted by Crippen LogP contribution is -2.45. The molecule has 2 heterocycles. The van der Waals surface area contributed by atoms with Crippen molar-refractivity contribution in [2.24, 2.45) is 17.3 Å². The van der Waals surface area contributed by atoms with Crippen LogP contribution in [0.5, 0.6) is 0 Å². The van der Waals surface area contributed by atoms with E-state index in [0.29, 0.717) is 5.41 Å². The molecule has 0 aromatic heterocycles. The second-order valence-electron chi connectivity index (χ2n) is 5.52. The van der Waals surface area contributed by atoms with Crippen LogP contribution in [-0.4, -0.2) is 26.3 Å². The molecular weight excluding hydrogens is 186 g/mol. The lowest BCUT2D eigenvalue weighted by atomic mass is 9.60. The quantitative estimate of drug-likeness (QED) is 0.757. The van der Waals surface area contributed by atoms with Crippen molar-refractivity contribution < 1.29 is 4.74 Å². The molecule has 0 aromatic carbocycles. The van der Waals surface area contributed by atoms with Crippen LogP contribution in [0.25, 0.3) is 0 Å². The van der Waals surface area contributed by atoms with Gasteiger partial charge in [-0.3, -0.25) is 0 Å². The summed E-state index contributed by atoms with van der Waals surface area (Å²) < 4.78 is 5.55. The molecule has 1 N–H and O–H groups in total. The summed E-state index contributed by atoms with van der Waals surface area (Å²) in [5, 5.41) is 3.48. The molecular formula is C13H25NO. The van der Waals surface area contributed by atoms with Gasteiger partial charge in [-0.25, -0.2) is 0 Å². The van der Waals surface area contributed by atoms with Crippen LogP contribution in [0.2, 0.25) is 0 Å². The van der Waals surface area contributed by atoms with Gasteiger partial charge in [-0.15, -0.1) is 0 Å². The fourth-order valence-electron chi connectivity index (χ4n) is 3.61. The van der Waals surface area contributed by atoms with Gasteiger partial charge in [0.2, 0.25) is 0 Å². The maximum absolute atomic E-state index is 5.55. The zero-order valence-electron chi connectivity index (χ0n) is 10.2. The molecule has 88 valence electrons. The Morgan fingerprint density at radius 1 is 1.13 bits per heavy atom. The SMILES string of the molecule is CC(C)C1(C2CCNCC2)CCOCC1. The van der Waals surface area contributed by atoms with E-state index >= 15 is 0 Å². The molecule has 2 fully saturated rings. The van der Waals surface area contributed by atoms with E-state index in [4.69, 9.17) is 4.74 Å². The van der Waals surface area contributed by atoms with E-state index in [-0.39, 0.29) is 0 Å². The topological polar surface area (TPSA) is 21.3 Å². The molecule has 0 bridgehead atoms. The Balaban J connectivity index is 2.09. The summed E-state index contributed by atoms with van der Waals surface area (Å²) >= 11 is 0. The minimum atomic E-state index is 0.584. The first kappa shape index (κ1) is 11.4. The Bertz CT molecular complexity index is 191. The first-order chi connectivity index (χ1) is 7.26. The van der Waals surface area contributed by atoms with Crippen molar-refractivity contribution in [2.45, 2.75) is 39.5 Å². The minimum absolute atomic E-state index is 0.584. The molecule has 0 spiro atoms. The second-order valence-corrected chi connectivity index (χ2v) is 5.52. The fraction of sp³-hybridized carbons (Fsp3) is 1.00. The molecule has 2 aliphatic heterocycles. The molecule has 0 unspecified atom stereocenters. The predicted molar refractivity (Wildman–Crippen MR) is 62.9 cm³/mol. The lowest BCUT2D eigenvalue weighted by Gasteiger charge is -2.48. The molecule has 2 rings (SSSR count). The third kappa shape index (κ3) is 2.21. The van der Waals surface area contributed by atoms with E-state index in [1.165, 1.54) is 38.8 Å². The van der Waals surface area contributed by atoms with Crippen molar-refractivity contribution in [3.8, 4) is 0 Å². The molecule has 15 heavy (non-hydrogen) atoms. The molecule has 2 saturated heterocycles. The monoisotopic (exact) mass is 211 g/mol. The summed E-state index contributed by atoms with van der Waals surface area (Å²) in [5.74, 6) is 1.74. The highest BCUT2D eigenvalue weighted by Crippen LogP contribution is 2.47. The molecule has 2 heteroatoms. The van der Waals surface area contributed by atoms with Crippen LogP contribution >= 0.6 is 0 Å². The first-order valence-electron chi connectivity index (χ1n) is 6.54. The van der Waals surface area contributed by atoms with E-state index < -0.39 is 0 Å². The van der Waals surface area contributed by atoms with Crippen molar-refractivity contribution in [1.82, 2.24) is 5.32 Å². The Morgan fingerprint density at radius 2 is 1.73 bits per heavy atom. The molecule has 0 aromatic rings. The van der Waals surface area contributed by atoms with Gasteiger partial charge in [-0.05, 0) is 56.0 Å². The predicted octanol–water partition coefficient (Wildman–Crippen LogP) is 2.44. The van der Waals surface area contributed by atoms with Crippen molar-refractivity contribution in [1.29, 1.82) is 0 Å². The van der Waals surface area contributed by atoms with Crippen LogP contribution in [0.3, 0.4) is 0 Å². The number of hydrogen-bond donors (Lipinski definition) is 1. The molecule has 0 radical (unpaired) electrons. The molecule has 0 atom stereocenters. The van der Waals surface area contributed by atoms with Gasteiger partial charge in [0, 0.05) is 13.2 Å². The van der Waals surface area contributed by atoms with Gasteiger partial charge < -0.3 is 10.1 Å². The van der Waals surface area contributed by atoms with E-state index in [1.54, 1.807) is 0 Å². The number of rotatable bonds is 2. The smallest absolute Gasteiger partial charge is 0.0471 e. The molecule has 0 amide bonds. The van der Waals surface area contributed by atoms with Crippen LogP contribution < -0.4 is 5.32 Å². The van der Waals surface area contributed by atoms with Crippen LogP contribution in [0, 0.1) is 17.3 Å². The van der Waals surface area contributed by atoms with E-state index in [1.807, 2.05) is 0 Å². The molecule has 2 nitrogen and oxygen atoms in total.